The molecule has 0 spiro atoms. The van der Waals surface area contributed by atoms with Crippen molar-refractivity contribution in [2.75, 3.05) is 39.8 Å². The van der Waals surface area contributed by atoms with Crippen molar-refractivity contribution >= 4 is 5.91 Å². The minimum absolute atomic E-state index is 0.0861. The van der Waals surface area contributed by atoms with Gasteiger partial charge in [-0.2, -0.15) is 0 Å². The lowest BCUT2D eigenvalue weighted by Crippen LogP contribution is -2.48. The smallest absolute Gasteiger partial charge is 0.291 e. The van der Waals surface area contributed by atoms with Crippen molar-refractivity contribution in [3.63, 3.8) is 0 Å². The molecule has 4 rings (SSSR count). The zero-order valence-corrected chi connectivity index (χ0v) is 17.2. The first-order valence-corrected chi connectivity index (χ1v) is 10.7. The van der Waals surface area contributed by atoms with Gasteiger partial charge in [-0.05, 0) is 82.5 Å². The van der Waals surface area contributed by atoms with E-state index < -0.39 is 0 Å². The van der Waals surface area contributed by atoms with E-state index in [4.69, 9.17) is 4.42 Å². The summed E-state index contributed by atoms with van der Waals surface area (Å²) >= 11 is 0. The lowest BCUT2D eigenvalue weighted by molar-refractivity contribution is 0.0565. The van der Waals surface area contributed by atoms with Crippen LogP contribution in [0.25, 0.3) is 0 Å². The largest absolute Gasteiger partial charge is 0.438 e. The number of hydrogen-bond acceptors (Lipinski definition) is 6. The summed E-state index contributed by atoms with van der Waals surface area (Å²) in [7, 11) is 2.21. The van der Waals surface area contributed by atoms with Gasteiger partial charge in [-0.25, -0.2) is 4.98 Å². The Labute approximate surface area is 172 Å². The summed E-state index contributed by atoms with van der Waals surface area (Å²) < 4.78 is 5.28. The molecule has 0 saturated carbocycles. The van der Waals surface area contributed by atoms with Crippen molar-refractivity contribution < 1.29 is 9.21 Å². The number of hydrogen-bond donors (Lipinski definition) is 0. The summed E-state index contributed by atoms with van der Waals surface area (Å²) in [6.07, 6.45) is 11.2. The molecule has 2 aliphatic rings. The van der Waals surface area contributed by atoms with Gasteiger partial charge in [-0.15, -0.1) is 0 Å². The number of rotatable bonds is 6. The predicted octanol–water partition coefficient (Wildman–Crippen LogP) is 2.52. The summed E-state index contributed by atoms with van der Waals surface area (Å²) in [5, 5.41) is 0. The number of carbonyl (C=O) groups is 1. The third-order valence-corrected chi connectivity index (χ3v) is 6.39. The molecule has 2 fully saturated rings. The molecule has 0 aliphatic carbocycles. The summed E-state index contributed by atoms with van der Waals surface area (Å²) in [5.41, 5.74) is 1.08. The highest BCUT2D eigenvalue weighted by Crippen LogP contribution is 2.25. The van der Waals surface area contributed by atoms with Gasteiger partial charge in [0.1, 0.15) is 0 Å². The number of oxazole rings is 1. The highest BCUT2D eigenvalue weighted by atomic mass is 16.3. The molecule has 1 amide bonds. The van der Waals surface area contributed by atoms with E-state index in [1.165, 1.54) is 38.5 Å². The molecule has 0 unspecified atom stereocenters. The average Bonchev–Trinajstić information content (AvgIpc) is 3.30. The normalized spacial score (nSPS) is 20.0. The number of piperidine rings is 2. The van der Waals surface area contributed by atoms with Gasteiger partial charge in [0.15, 0.2) is 6.39 Å². The Morgan fingerprint density at radius 3 is 2.48 bits per heavy atom. The Bertz CT molecular complexity index is 751. The maximum Gasteiger partial charge on any atom is 0.291 e. The van der Waals surface area contributed by atoms with Crippen LogP contribution in [0.3, 0.4) is 0 Å². The molecule has 0 N–H and O–H groups in total. The van der Waals surface area contributed by atoms with Crippen LogP contribution in [0.1, 0.15) is 41.8 Å². The second-order valence-electron chi connectivity index (χ2n) is 8.42. The van der Waals surface area contributed by atoms with Crippen LogP contribution >= 0.6 is 0 Å². The third kappa shape index (κ3) is 5.22. The van der Waals surface area contributed by atoms with Crippen molar-refractivity contribution in [1.82, 2.24) is 24.7 Å². The molecule has 2 saturated heterocycles. The lowest BCUT2D eigenvalue weighted by atomic mass is 9.93. The minimum Gasteiger partial charge on any atom is -0.438 e. The number of carbonyl (C=O) groups excluding carboxylic acids is 1. The Morgan fingerprint density at radius 1 is 1.10 bits per heavy atom. The van der Waals surface area contributed by atoms with E-state index in [-0.39, 0.29) is 5.91 Å². The highest BCUT2D eigenvalue weighted by Gasteiger charge is 2.29. The molecule has 7 heteroatoms. The van der Waals surface area contributed by atoms with Gasteiger partial charge < -0.3 is 19.1 Å². The van der Waals surface area contributed by atoms with Crippen LogP contribution in [-0.2, 0) is 6.54 Å². The zero-order valence-electron chi connectivity index (χ0n) is 17.2. The molecule has 2 aromatic heterocycles. The average molecular weight is 398 g/mol. The molecule has 0 atom stereocenters. The van der Waals surface area contributed by atoms with Crippen LogP contribution in [0.4, 0.5) is 0 Å². The van der Waals surface area contributed by atoms with Crippen LogP contribution in [0.2, 0.25) is 0 Å². The van der Waals surface area contributed by atoms with E-state index in [2.05, 4.69) is 26.8 Å². The van der Waals surface area contributed by atoms with Gasteiger partial charge in [0, 0.05) is 31.5 Å². The van der Waals surface area contributed by atoms with E-state index in [9.17, 15) is 4.79 Å². The van der Waals surface area contributed by atoms with Crippen molar-refractivity contribution in [1.29, 1.82) is 0 Å². The molecule has 4 heterocycles. The highest BCUT2D eigenvalue weighted by molar-refractivity contribution is 5.91. The van der Waals surface area contributed by atoms with Crippen LogP contribution < -0.4 is 0 Å². The van der Waals surface area contributed by atoms with Crippen molar-refractivity contribution in [2.45, 2.75) is 38.3 Å². The monoisotopic (exact) mass is 397 g/mol. The Kier molecular flexibility index (Phi) is 6.56. The molecule has 0 radical (unpaired) electrons. The summed E-state index contributed by atoms with van der Waals surface area (Å²) in [6, 6.07) is 4.66. The molecule has 2 aliphatic heterocycles. The van der Waals surface area contributed by atoms with E-state index in [1.807, 2.05) is 17.0 Å². The van der Waals surface area contributed by atoms with Crippen molar-refractivity contribution in [2.24, 2.45) is 5.92 Å². The van der Waals surface area contributed by atoms with Crippen LogP contribution in [-0.4, -0.2) is 76.4 Å². The Hall–Kier alpha value is -2.25. The first-order chi connectivity index (χ1) is 14.2. The fourth-order valence-corrected chi connectivity index (χ4v) is 4.58. The zero-order chi connectivity index (χ0) is 20.1. The van der Waals surface area contributed by atoms with Crippen molar-refractivity contribution in [3.8, 4) is 0 Å². The molecule has 2 aromatic rings. The lowest BCUT2D eigenvalue weighted by Gasteiger charge is -2.41. The molecule has 156 valence electrons. The van der Waals surface area contributed by atoms with Crippen LogP contribution in [0, 0.1) is 5.92 Å². The summed E-state index contributed by atoms with van der Waals surface area (Å²) in [5.74, 6) is 0.742. The molecule has 7 nitrogen and oxygen atoms in total. The topological polar surface area (TPSA) is 65.7 Å². The first kappa shape index (κ1) is 20.0. The quantitative estimate of drug-likeness (QED) is 0.746. The second kappa shape index (κ2) is 9.50. The maximum atomic E-state index is 13.0. The maximum absolute atomic E-state index is 13.0. The van der Waals surface area contributed by atoms with Gasteiger partial charge in [0.2, 0.25) is 5.76 Å². The standard InChI is InChI=1S/C22H31N5O2/c1-25-10-6-20(7-11-25)26-12-4-19(5-13-26)16-27(15-18-2-8-23-9-3-18)22(28)21-14-24-17-29-21/h2-3,8-9,14,17,19-20H,4-7,10-13,15-16H2,1H3. The van der Waals surface area contributed by atoms with Crippen LogP contribution in [0.5, 0.6) is 0 Å². The summed E-state index contributed by atoms with van der Waals surface area (Å²) in [4.78, 5) is 28.0. The minimum atomic E-state index is -0.0861. The number of amides is 1. The van der Waals surface area contributed by atoms with Gasteiger partial charge in [-0.1, -0.05) is 0 Å². The SMILES string of the molecule is CN1CCC(N2CCC(CN(Cc3ccncc3)C(=O)c3cnco3)CC2)CC1. The summed E-state index contributed by atoms with van der Waals surface area (Å²) in [6.45, 7) is 6.00. The first-order valence-electron chi connectivity index (χ1n) is 10.7. The number of nitrogens with zero attached hydrogens (tertiary/aromatic N) is 5. The third-order valence-electron chi connectivity index (χ3n) is 6.39. The molecular weight excluding hydrogens is 366 g/mol. The predicted molar refractivity (Wildman–Crippen MR) is 110 cm³/mol. The van der Waals surface area contributed by atoms with Gasteiger partial charge in [0.25, 0.3) is 5.91 Å². The van der Waals surface area contributed by atoms with Crippen molar-refractivity contribution in [3.05, 3.63) is 48.4 Å². The van der Waals surface area contributed by atoms with Crippen LogP contribution in [0.15, 0.2) is 41.5 Å². The molecular formula is C22H31N5O2. The molecule has 0 bridgehead atoms. The molecule has 29 heavy (non-hydrogen) atoms. The fraction of sp³-hybridized carbons (Fsp3) is 0.591. The van der Waals surface area contributed by atoms with Gasteiger partial charge in [-0.3, -0.25) is 9.78 Å². The van der Waals surface area contributed by atoms with E-state index in [0.717, 1.165) is 44.1 Å². The number of aromatic nitrogens is 2. The number of pyridine rings is 1. The second-order valence-corrected chi connectivity index (χ2v) is 8.42. The van der Waals surface area contributed by atoms with Gasteiger partial charge in [0.05, 0.1) is 6.20 Å². The van der Waals surface area contributed by atoms with E-state index in [1.54, 1.807) is 12.4 Å². The Morgan fingerprint density at radius 2 is 1.83 bits per heavy atom. The molecule has 0 aromatic carbocycles. The number of likely N-dealkylation sites (tertiary alicyclic amines) is 2. The van der Waals surface area contributed by atoms with E-state index in [0.29, 0.717) is 18.2 Å². The van der Waals surface area contributed by atoms with E-state index >= 15 is 0 Å². The van der Waals surface area contributed by atoms with Gasteiger partial charge >= 0.3 is 0 Å². The Balaban J connectivity index is 1.36. The fourth-order valence-electron chi connectivity index (χ4n) is 4.58.